The molecule has 1 aromatic carbocycles. The minimum Gasteiger partial charge on any atom is -0.454 e. The summed E-state index contributed by atoms with van der Waals surface area (Å²) in [7, 11) is 0. The lowest BCUT2D eigenvalue weighted by molar-refractivity contribution is 0.174. The normalized spacial score (nSPS) is 19.0. The van der Waals surface area contributed by atoms with Crippen LogP contribution in [0, 0.1) is 0 Å². The molecule has 1 saturated carbocycles. The molecule has 1 atom stereocenters. The van der Waals surface area contributed by atoms with Crippen molar-refractivity contribution < 1.29 is 9.47 Å². The van der Waals surface area contributed by atoms with Crippen molar-refractivity contribution in [3.05, 3.63) is 48.0 Å². The van der Waals surface area contributed by atoms with Crippen LogP contribution in [-0.4, -0.2) is 23.3 Å². The van der Waals surface area contributed by atoms with Gasteiger partial charge in [-0.3, -0.25) is 9.97 Å². The second kappa shape index (κ2) is 5.25. The van der Waals surface area contributed by atoms with Crippen molar-refractivity contribution in [1.29, 1.82) is 0 Å². The number of benzene rings is 1. The van der Waals surface area contributed by atoms with Crippen LogP contribution in [0.2, 0.25) is 0 Å². The second-order valence-corrected chi connectivity index (χ2v) is 6.08. The number of nitrogens with one attached hydrogen (secondary N) is 1. The number of nitrogens with zero attached hydrogens (tertiary/aromatic N) is 2. The summed E-state index contributed by atoms with van der Waals surface area (Å²) in [5, 5.41) is 3.59. The average molecular weight is 297 g/mol. The smallest absolute Gasteiger partial charge is 0.231 e. The van der Waals surface area contributed by atoms with Crippen LogP contribution < -0.4 is 14.8 Å². The summed E-state index contributed by atoms with van der Waals surface area (Å²) in [6, 6.07) is 6.50. The van der Waals surface area contributed by atoms with Gasteiger partial charge in [-0.1, -0.05) is 6.07 Å². The number of fused-ring (bicyclic) bond motifs is 1. The van der Waals surface area contributed by atoms with E-state index in [1.807, 2.05) is 12.3 Å². The van der Waals surface area contributed by atoms with Crippen molar-refractivity contribution in [1.82, 2.24) is 15.3 Å². The summed E-state index contributed by atoms with van der Waals surface area (Å²) in [4.78, 5) is 8.49. The van der Waals surface area contributed by atoms with Gasteiger partial charge in [0.2, 0.25) is 6.79 Å². The zero-order valence-corrected chi connectivity index (χ0v) is 12.6. The van der Waals surface area contributed by atoms with E-state index in [4.69, 9.17) is 9.47 Å². The third-order valence-corrected chi connectivity index (χ3v) is 4.61. The van der Waals surface area contributed by atoms with Crippen LogP contribution in [0.25, 0.3) is 0 Å². The summed E-state index contributed by atoms with van der Waals surface area (Å²) in [5.41, 5.74) is 2.52. The molecule has 1 unspecified atom stereocenters. The highest BCUT2D eigenvalue weighted by Gasteiger charge is 2.44. The Morgan fingerprint density at radius 2 is 2.09 bits per heavy atom. The van der Waals surface area contributed by atoms with Gasteiger partial charge in [0.25, 0.3) is 0 Å². The summed E-state index contributed by atoms with van der Waals surface area (Å²) < 4.78 is 10.9. The van der Waals surface area contributed by atoms with E-state index in [0.29, 0.717) is 6.79 Å². The van der Waals surface area contributed by atoms with E-state index in [9.17, 15) is 0 Å². The van der Waals surface area contributed by atoms with Gasteiger partial charge >= 0.3 is 0 Å². The molecule has 0 spiro atoms. The second-order valence-electron chi connectivity index (χ2n) is 6.08. The molecule has 1 N–H and O–H groups in total. The van der Waals surface area contributed by atoms with Crippen LogP contribution >= 0.6 is 0 Å². The molecule has 2 aliphatic rings. The first kappa shape index (κ1) is 13.5. The van der Waals surface area contributed by atoms with Crippen molar-refractivity contribution in [3.63, 3.8) is 0 Å². The zero-order chi connectivity index (χ0) is 15.0. The standard InChI is InChI=1S/C17H19N3O2/c1-12(14-9-18-6-7-19-14)20-10-17(4-5-17)13-2-3-15-16(8-13)22-11-21-15/h2-3,6-9,12,20H,4-5,10-11H2,1H3. The summed E-state index contributed by atoms with van der Waals surface area (Å²) in [6.45, 7) is 3.39. The zero-order valence-electron chi connectivity index (χ0n) is 12.6. The maximum atomic E-state index is 5.50. The fourth-order valence-electron chi connectivity index (χ4n) is 2.93. The highest BCUT2D eigenvalue weighted by Crippen LogP contribution is 2.50. The number of hydrogen-bond donors (Lipinski definition) is 1. The Kier molecular flexibility index (Phi) is 3.22. The van der Waals surface area contributed by atoms with Crippen LogP contribution in [0.5, 0.6) is 11.5 Å². The van der Waals surface area contributed by atoms with Gasteiger partial charge in [-0.05, 0) is 37.5 Å². The van der Waals surface area contributed by atoms with Crippen LogP contribution in [0.15, 0.2) is 36.8 Å². The highest BCUT2D eigenvalue weighted by atomic mass is 16.7. The van der Waals surface area contributed by atoms with E-state index < -0.39 is 0 Å². The highest BCUT2D eigenvalue weighted by molar-refractivity contribution is 5.48. The molecule has 0 bridgehead atoms. The number of rotatable bonds is 5. The Bertz CT molecular complexity index is 671. The fraction of sp³-hybridized carbons (Fsp3) is 0.412. The predicted molar refractivity (Wildman–Crippen MR) is 81.9 cm³/mol. The predicted octanol–water partition coefficient (Wildman–Crippen LogP) is 2.59. The van der Waals surface area contributed by atoms with Gasteiger partial charge < -0.3 is 14.8 Å². The van der Waals surface area contributed by atoms with E-state index in [0.717, 1.165) is 23.7 Å². The first-order chi connectivity index (χ1) is 10.8. The lowest BCUT2D eigenvalue weighted by Crippen LogP contribution is -2.29. The number of hydrogen-bond acceptors (Lipinski definition) is 5. The molecule has 5 heteroatoms. The molecule has 1 aliphatic heterocycles. The van der Waals surface area contributed by atoms with Gasteiger partial charge in [0.15, 0.2) is 11.5 Å². The van der Waals surface area contributed by atoms with E-state index in [1.54, 1.807) is 12.4 Å². The molecule has 0 radical (unpaired) electrons. The molecule has 1 aliphatic carbocycles. The molecule has 0 amide bonds. The Hall–Kier alpha value is -2.14. The third kappa shape index (κ3) is 2.41. The Labute approximate surface area is 129 Å². The molecule has 2 heterocycles. The van der Waals surface area contributed by atoms with E-state index in [2.05, 4.69) is 34.3 Å². The molecular formula is C17H19N3O2. The van der Waals surface area contributed by atoms with Crippen molar-refractivity contribution in [2.45, 2.75) is 31.2 Å². The van der Waals surface area contributed by atoms with Crippen molar-refractivity contribution in [3.8, 4) is 11.5 Å². The average Bonchev–Trinajstić information content (AvgIpc) is 3.22. The molecule has 1 fully saturated rings. The summed E-state index contributed by atoms with van der Waals surface area (Å²) in [6.07, 6.45) is 7.65. The largest absolute Gasteiger partial charge is 0.454 e. The van der Waals surface area contributed by atoms with Gasteiger partial charge in [0.05, 0.1) is 5.69 Å². The van der Waals surface area contributed by atoms with Gasteiger partial charge in [-0.15, -0.1) is 0 Å². The molecule has 22 heavy (non-hydrogen) atoms. The van der Waals surface area contributed by atoms with Crippen LogP contribution in [0.4, 0.5) is 0 Å². The Morgan fingerprint density at radius 1 is 1.23 bits per heavy atom. The Balaban J connectivity index is 1.46. The molecule has 114 valence electrons. The topological polar surface area (TPSA) is 56.3 Å². The van der Waals surface area contributed by atoms with Crippen LogP contribution in [0.1, 0.15) is 37.1 Å². The molecular weight excluding hydrogens is 278 g/mol. The third-order valence-electron chi connectivity index (χ3n) is 4.61. The molecule has 2 aromatic rings. The maximum absolute atomic E-state index is 5.50. The van der Waals surface area contributed by atoms with Crippen molar-refractivity contribution in [2.24, 2.45) is 0 Å². The fourth-order valence-corrected chi connectivity index (χ4v) is 2.93. The van der Waals surface area contributed by atoms with Gasteiger partial charge in [-0.2, -0.15) is 0 Å². The van der Waals surface area contributed by atoms with E-state index in [1.165, 1.54) is 18.4 Å². The summed E-state index contributed by atoms with van der Waals surface area (Å²) >= 11 is 0. The minimum atomic E-state index is 0.195. The molecule has 0 saturated heterocycles. The van der Waals surface area contributed by atoms with Gasteiger partial charge in [0.1, 0.15) is 0 Å². The van der Waals surface area contributed by atoms with Gasteiger partial charge in [-0.25, -0.2) is 0 Å². The first-order valence-electron chi connectivity index (χ1n) is 7.66. The monoisotopic (exact) mass is 297 g/mol. The summed E-state index contributed by atoms with van der Waals surface area (Å²) in [5.74, 6) is 1.71. The Morgan fingerprint density at radius 3 is 2.86 bits per heavy atom. The van der Waals surface area contributed by atoms with Gasteiger partial charge in [0, 0.05) is 36.6 Å². The molecule has 4 rings (SSSR count). The number of aromatic nitrogens is 2. The van der Waals surface area contributed by atoms with E-state index >= 15 is 0 Å². The minimum absolute atomic E-state index is 0.195. The quantitative estimate of drug-likeness (QED) is 0.919. The van der Waals surface area contributed by atoms with Crippen molar-refractivity contribution in [2.75, 3.05) is 13.3 Å². The van der Waals surface area contributed by atoms with Crippen LogP contribution in [0.3, 0.4) is 0 Å². The molecule has 1 aromatic heterocycles. The number of ether oxygens (including phenoxy) is 2. The maximum Gasteiger partial charge on any atom is 0.231 e. The molecule has 5 nitrogen and oxygen atoms in total. The van der Waals surface area contributed by atoms with E-state index in [-0.39, 0.29) is 11.5 Å². The first-order valence-corrected chi connectivity index (χ1v) is 7.66. The van der Waals surface area contributed by atoms with Crippen LogP contribution in [-0.2, 0) is 5.41 Å². The lowest BCUT2D eigenvalue weighted by atomic mass is 9.95. The lowest BCUT2D eigenvalue weighted by Gasteiger charge is -2.20. The SMILES string of the molecule is CC(NCC1(c2ccc3c(c2)OCO3)CC1)c1cnccn1. The van der Waals surface area contributed by atoms with Crippen molar-refractivity contribution >= 4 is 0 Å².